The molecule has 0 heterocycles. The molecular formula is C18H26ClN3O3. The zero-order valence-corrected chi connectivity index (χ0v) is 15.8. The van der Waals surface area contributed by atoms with Gasteiger partial charge in [0.2, 0.25) is 11.8 Å². The Morgan fingerprint density at radius 2 is 1.72 bits per heavy atom. The first kappa shape index (κ1) is 21.0. The van der Waals surface area contributed by atoms with Gasteiger partial charge < -0.3 is 16.0 Å². The Bertz CT molecular complexity index is 616. The fourth-order valence-corrected chi connectivity index (χ4v) is 2.50. The number of hydrogen-bond donors (Lipinski definition) is 2. The van der Waals surface area contributed by atoms with Crippen LogP contribution in [0.15, 0.2) is 24.3 Å². The second kappa shape index (κ2) is 9.42. The van der Waals surface area contributed by atoms with Gasteiger partial charge >= 0.3 is 0 Å². The number of rotatable bonds is 8. The predicted octanol–water partition coefficient (Wildman–Crippen LogP) is 2.21. The van der Waals surface area contributed by atoms with Gasteiger partial charge in [0, 0.05) is 16.6 Å². The summed E-state index contributed by atoms with van der Waals surface area (Å²) in [7, 11) is 0. The van der Waals surface area contributed by atoms with Crippen LogP contribution in [0.5, 0.6) is 0 Å². The van der Waals surface area contributed by atoms with E-state index in [9.17, 15) is 14.4 Å². The fourth-order valence-electron chi connectivity index (χ4n) is 2.37. The molecule has 0 aliphatic heterocycles. The maximum absolute atomic E-state index is 12.9. The number of nitrogens with two attached hydrogens (primary N) is 1. The van der Waals surface area contributed by atoms with Crippen LogP contribution in [0, 0.1) is 5.92 Å². The third-order valence-corrected chi connectivity index (χ3v) is 4.36. The number of carbonyl (C=O) groups is 3. The van der Waals surface area contributed by atoms with E-state index in [1.807, 2.05) is 13.8 Å². The molecule has 0 bridgehead atoms. The smallest absolute Gasteiger partial charge is 0.251 e. The van der Waals surface area contributed by atoms with Crippen LogP contribution in [0.1, 0.15) is 44.5 Å². The van der Waals surface area contributed by atoms with E-state index in [0.717, 1.165) is 0 Å². The molecule has 0 unspecified atom stereocenters. The zero-order chi connectivity index (χ0) is 19.1. The van der Waals surface area contributed by atoms with E-state index in [1.165, 1.54) is 4.90 Å². The third kappa shape index (κ3) is 6.05. The average Bonchev–Trinajstić information content (AvgIpc) is 2.56. The molecule has 7 heteroatoms. The minimum atomic E-state index is -0.741. The maximum Gasteiger partial charge on any atom is 0.251 e. The molecule has 138 valence electrons. The van der Waals surface area contributed by atoms with Crippen LogP contribution >= 0.6 is 11.6 Å². The molecule has 0 fully saturated rings. The Morgan fingerprint density at radius 3 is 2.16 bits per heavy atom. The second-order valence-corrected chi connectivity index (χ2v) is 6.81. The molecule has 25 heavy (non-hydrogen) atoms. The van der Waals surface area contributed by atoms with Gasteiger partial charge in [-0.3, -0.25) is 14.4 Å². The van der Waals surface area contributed by atoms with E-state index in [4.69, 9.17) is 17.3 Å². The average molecular weight is 368 g/mol. The van der Waals surface area contributed by atoms with Crippen LogP contribution in [0.25, 0.3) is 0 Å². The zero-order valence-electron chi connectivity index (χ0n) is 15.1. The van der Waals surface area contributed by atoms with Gasteiger partial charge in [0.25, 0.3) is 5.91 Å². The highest BCUT2D eigenvalue weighted by atomic mass is 35.5. The number of nitrogens with one attached hydrogen (secondary N) is 1. The van der Waals surface area contributed by atoms with Crippen molar-refractivity contribution in [2.75, 3.05) is 6.54 Å². The largest absolute Gasteiger partial charge is 0.368 e. The van der Waals surface area contributed by atoms with Crippen molar-refractivity contribution < 1.29 is 14.4 Å². The Balaban J connectivity index is 3.02. The first-order chi connectivity index (χ1) is 11.7. The van der Waals surface area contributed by atoms with Gasteiger partial charge in [-0.1, -0.05) is 31.9 Å². The van der Waals surface area contributed by atoms with Gasteiger partial charge in [-0.25, -0.2) is 0 Å². The lowest BCUT2D eigenvalue weighted by Gasteiger charge is -2.32. The van der Waals surface area contributed by atoms with Crippen molar-refractivity contribution in [3.05, 3.63) is 34.9 Å². The number of benzene rings is 1. The first-order valence-corrected chi connectivity index (χ1v) is 8.70. The number of primary amides is 1. The SMILES string of the molecule is CC[C@@H](C)[C@H](NC(=O)c1ccc(Cl)cc1)C(=O)N(CC(N)=O)C(C)C. The van der Waals surface area contributed by atoms with Gasteiger partial charge in [0.15, 0.2) is 0 Å². The second-order valence-electron chi connectivity index (χ2n) is 6.37. The lowest BCUT2D eigenvalue weighted by Crippen LogP contribution is -2.55. The van der Waals surface area contributed by atoms with E-state index >= 15 is 0 Å². The summed E-state index contributed by atoms with van der Waals surface area (Å²) in [5.41, 5.74) is 5.66. The monoisotopic (exact) mass is 367 g/mol. The number of nitrogens with zero attached hydrogens (tertiary/aromatic N) is 1. The normalized spacial score (nSPS) is 13.2. The molecule has 1 rings (SSSR count). The lowest BCUT2D eigenvalue weighted by atomic mass is 9.96. The number of halogens is 1. The van der Waals surface area contributed by atoms with Crippen LogP contribution in [0.4, 0.5) is 0 Å². The number of hydrogen-bond acceptors (Lipinski definition) is 3. The van der Waals surface area contributed by atoms with Crippen molar-refractivity contribution in [2.24, 2.45) is 11.7 Å². The van der Waals surface area contributed by atoms with Crippen LogP contribution in [0.3, 0.4) is 0 Å². The molecule has 0 saturated heterocycles. The summed E-state index contributed by atoms with van der Waals surface area (Å²) in [6, 6.07) is 5.47. The molecule has 1 aromatic rings. The molecule has 0 spiro atoms. The molecule has 0 aliphatic carbocycles. The number of amides is 3. The molecule has 0 saturated carbocycles. The van der Waals surface area contributed by atoms with Crippen molar-refractivity contribution >= 4 is 29.3 Å². The van der Waals surface area contributed by atoms with Crippen molar-refractivity contribution in [1.82, 2.24) is 10.2 Å². The Morgan fingerprint density at radius 1 is 1.16 bits per heavy atom. The summed E-state index contributed by atoms with van der Waals surface area (Å²) in [4.78, 5) is 38.1. The van der Waals surface area contributed by atoms with Gasteiger partial charge in [0.1, 0.15) is 6.04 Å². The highest BCUT2D eigenvalue weighted by molar-refractivity contribution is 6.30. The molecule has 1 aromatic carbocycles. The molecule has 6 nitrogen and oxygen atoms in total. The molecule has 0 aromatic heterocycles. The Kier molecular flexibility index (Phi) is 7.90. The van der Waals surface area contributed by atoms with Gasteiger partial charge in [-0.2, -0.15) is 0 Å². The summed E-state index contributed by atoms with van der Waals surface area (Å²) in [6.07, 6.45) is 0.694. The van der Waals surface area contributed by atoms with Crippen molar-refractivity contribution in [3.8, 4) is 0 Å². The standard InChI is InChI=1S/C18H26ClN3O3/c1-5-12(4)16(18(25)22(11(2)3)10-15(20)23)21-17(24)13-6-8-14(19)9-7-13/h6-9,11-12,16H,5,10H2,1-4H3,(H2,20,23)(H,21,24)/t12-,16+/m1/s1. The fraction of sp³-hybridized carbons (Fsp3) is 0.500. The molecule has 0 radical (unpaired) electrons. The lowest BCUT2D eigenvalue weighted by molar-refractivity contribution is -0.139. The van der Waals surface area contributed by atoms with E-state index in [2.05, 4.69) is 5.32 Å². The molecule has 3 amide bonds. The van der Waals surface area contributed by atoms with Gasteiger partial charge in [-0.05, 0) is 44.0 Å². The quantitative estimate of drug-likeness (QED) is 0.737. The summed E-state index contributed by atoms with van der Waals surface area (Å²) in [5.74, 6) is -1.37. The van der Waals surface area contributed by atoms with E-state index < -0.39 is 11.9 Å². The van der Waals surface area contributed by atoms with E-state index in [0.29, 0.717) is 17.0 Å². The Hall–Kier alpha value is -2.08. The van der Waals surface area contributed by atoms with E-state index in [-0.39, 0.29) is 30.3 Å². The highest BCUT2D eigenvalue weighted by Gasteiger charge is 2.32. The Labute approximate surface area is 153 Å². The molecule has 0 aliphatic rings. The van der Waals surface area contributed by atoms with Gasteiger partial charge in [0.05, 0.1) is 6.54 Å². The third-order valence-electron chi connectivity index (χ3n) is 4.10. The van der Waals surface area contributed by atoms with Crippen molar-refractivity contribution in [1.29, 1.82) is 0 Å². The summed E-state index contributed by atoms with van der Waals surface area (Å²) in [6.45, 7) is 7.24. The summed E-state index contributed by atoms with van der Waals surface area (Å²) in [5, 5.41) is 3.31. The van der Waals surface area contributed by atoms with Crippen LogP contribution in [-0.4, -0.2) is 41.2 Å². The van der Waals surface area contributed by atoms with Crippen molar-refractivity contribution in [3.63, 3.8) is 0 Å². The number of carbonyl (C=O) groups excluding carboxylic acids is 3. The topological polar surface area (TPSA) is 92.5 Å². The van der Waals surface area contributed by atoms with E-state index in [1.54, 1.807) is 38.1 Å². The summed E-state index contributed by atoms with van der Waals surface area (Å²) >= 11 is 5.83. The van der Waals surface area contributed by atoms with Crippen LogP contribution < -0.4 is 11.1 Å². The molecule has 2 atom stereocenters. The predicted molar refractivity (Wildman–Crippen MR) is 98.2 cm³/mol. The highest BCUT2D eigenvalue weighted by Crippen LogP contribution is 2.15. The van der Waals surface area contributed by atoms with Crippen LogP contribution in [-0.2, 0) is 9.59 Å². The van der Waals surface area contributed by atoms with Crippen LogP contribution in [0.2, 0.25) is 5.02 Å². The van der Waals surface area contributed by atoms with Gasteiger partial charge in [-0.15, -0.1) is 0 Å². The van der Waals surface area contributed by atoms with Crippen molar-refractivity contribution in [2.45, 2.75) is 46.2 Å². The molecule has 3 N–H and O–H groups in total. The first-order valence-electron chi connectivity index (χ1n) is 8.32. The minimum Gasteiger partial charge on any atom is -0.368 e. The maximum atomic E-state index is 12.9. The minimum absolute atomic E-state index is 0.0992. The summed E-state index contributed by atoms with van der Waals surface area (Å²) < 4.78 is 0. The molecular weight excluding hydrogens is 342 g/mol.